The second-order valence-electron chi connectivity index (χ2n) is 4.30. The molecule has 0 saturated heterocycles. The lowest BCUT2D eigenvalue weighted by atomic mass is 10.2. The van der Waals surface area contributed by atoms with Gasteiger partial charge in [-0.05, 0) is 69.3 Å². The van der Waals surface area contributed by atoms with Crippen molar-refractivity contribution in [2.75, 3.05) is 11.9 Å². The van der Waals surface area contributed by atoms with Crippen LogP contribution in [0.5, 0.6) is 0 Å². The van der Waals surface area contributed by atoms with Gasteiger partial charge in [-0.3, -0.25) is 4.79 Å². The normalized spacial score (nSPS) is 14.5. The minimum atomic E-state index is 0.0480. The Balaban J connectivity index is 1.95. The lowest BCUT2D eigenvalue weighted by Gasteiger charge is -2.11. The van der Waals surface area contributed by atoms with Gasteiger partial charge in [0.05, 0.1) is 12.2 Å². The Morgan fingerprint density at radius 2 is 1.94 bits per heavy atom. The molecule has 92 valence electrons. The molecule has 0 unspecified atom stereocenters. The fourth-order valence-electron chi connectivity index (χ4n) is 1.54. The molecule has 1 aromatic rings. The summed E-state index contributed by atoms with van der Waals surface area (Å²) in [6.45, 7) is 2.33. The molecular formula is C12H14Br2N2O. The summed E-state index contributed by atoms with van der Waals surface area (Å²) in [6, 6.07) is 4.45. The van der Waals surface area contributed by atoms with Crippen LogP contribution in [0.25, 0.3) is 0 Å². The molecule has 1 aliphatic rings. The highest BCUT2D eigenvalue weighted by atomic mass is 79.9. The fraction of sp³-hybridized carbons (Fsp3) is 0.417. The maximum atomic E-state index is 11.6. The van der Waals surface area contributed by atoms with E-state index >= 15 is 0 Å². The van der Waals surface area contributed by atoms with E-state index in [0.717, 1.165) is 33.0 Å². The first-order chi connectivity index (χ1) is 8.06. The van der Waals surface area contributed by atoms with E-state index in [1.165, 1.54) is 0 Å². The highest BCUT2D eigenvalue weighted by molar-refractivity contribution is 9.11. The van der Waals surface area contributed by atoms with E-state index in [9.17, 15) is 4.79 Å². The zero-order valence-corrected chi connectivity index (χ0v) is 12.7. The number of rotatable bonds is 4. The summed E-state index contributed by atoms with van der Waals surface area (Å²) in [7, 11) is 0. The summed E-state index contributed by atoms with van der Waals surface area (Å²) in [6.07, 6.45) is 2.23. The number of nitrogens with one attached hydrogen (secondary N) is 2. The monoisotopic (exact) mass is 360 g/mol. The van der Waals surface area contributed by atoms with Gasteiger partial charge in [0, 0.05) is 15.0 Å². The predicted molar refractivity (Wildman–Crippen MR) is 76.2 cm³/mol. The highest BCUT2D eigenvalue weighted by Gasteiger charge is 2.23. The quantitative estimate of drug-likeness (QED) is 0.864. The molecule has 5 heteroatoms. The van der Waals surface area contributed by atoms with Gasteiger partial charge in [0.25, 0.3) is 0 Å². The van der Waals surface area contributed by atoms with Crippen molar-refractivity contribution in [1.29, 1.82) is 0 Å². The van der Waals surface area contributed by atoms with Crippen molar-refractivity contribution in [3.05, 3.63) is 26.6 Å². The van der Waals surface area contributed by atoms with Crippen molar-refractivity contribution >= 4 is 43.5 Å². The molecular weight excluding hydrogens is 348 g/mol. The zero-order chi connectivity index (χ0) is 12.4. The first-order valence-electron chi connectivity index (χ1n) is 5.55. The smallest absolute Gasteiger partial charge is 0.239 e. The number of hydrogen-bond acceptors (Lipinski definition) is 2. The zero-order valence-electron chi connectivity index (χ0n) is 9.52. The number of benzene rings is 1. The lowest BCUT2D eigenvalue weighted by Crippen LogP contribution is -2.31. The third-order valence-electron chi connectivity index (χ3n) is 2.55. The van der Waals surface area contributed by atoms with Crippen LogP contribution in [0.4, 0.5) is 5.69 Å². The number of anilines is 1. The van der Waals surface area contributed by atoms with Gasteiger partial charge in [0.15, 0.2) is 0 Å². The first-order valence-corrected chi connectivity index (χ1v) is 7.14. The second-order valence-corrected chi connectivity index (χ2v) is 6.01. The van der Waals surface area contributed by atoms with E-state index in [-0.39, 0.29) is 5.91 Å². The van der Waals surface area contributed by atoms with Crippen molar-refractivity contribution in [2.45, 2.75) is 25.8 Å². The summed E-state index contributed by atoms with van der Waals surface area (Å²) in [4.78, 5) is 11.6. The standard InChI is InChI=1S/C12H14Br2N2O/c1-7-4-9(13)12(10(14)5-7)15-6-11(17)16-8-2-3-8/h4-5,8,15H,2-3,6H2,1H3,(H,16,17). The van der Waals surface area contributed by atoms with Gasteiger partial charge in [-0.1, -0.05) is 0 Å². The first kappa shape index (κ1) is 12.9. The van der Waals surface area contributed by atoms with Crippen molar-refractivity contribution in [3.8, 4) is 0 Å². The van der Waals surface area contributed by atoms with Gasteiger partial charge in [0.1, 0.15) is 0 Å². The SMILES string of the molecule is Cc1cc(Br)c(NCC(=O)NC2CC2)c(Br)c1. The fourth-order valence-corrected chi connectivity index (χ4v) is 3.24. The van der Waals surface area contributed by atoms with E-state index in [4.69, 9.17) is 0 Å². The molecule has 1 aromatic carbocycles. The minimum Gasteiger partial charge on any atom is -0.374 e. The van der Waals surface area contributed by atoms with E-state index in [2.05, 4.69) is 42.5 Å². The summed E-state index contributed by atoms with van der Waals surface area (Å²) in [5.41, 5.74) is 2.08. The molecule has 1 amide bonds. The largest absolute Gasteiger partial charge is 0.374 e. The molecule has 0 spiro atoms. The minimum absolute atomic E-state index is 0.0480. The van der Waals surface area contributed by atoms with Crippen LogP contribution < -0.4 is 10.6 Å². The number of hydrogen-bond donors (Lipinski definition) is 2. The van der Waals surface area contributed by atoms with Crippen LogP contribution in [0, 0.1) is 6.92 Å². The Labute approximate surface area is 118 Å². The Bertz CT molecular complexity index is 421. The van der Waals surface area contributed by atoms with Crippen LogP contribution in [0.3, 0.4) is 0 Å². The molecule has 0 bridgehead atoms. The van der Waals surface area contributed by atoms with Gasteiger partial charge in [-0.15, -0.1) is 0 Å². The number of aryl methyl sites for hydroxylation is 1. The molecule has 2 N–H and O–H groups in total. The van der Waals surface area contributed by atoms with Gasteiger partial charge in [-0.25, -0.2) is 0 Å². The number of halogens is 2. The van der Waals surface area contributed by atoms with Crippen LogP contribution in [0.15, 0.2) is 21.1 Å². The molecule has 17 heavy (non-hydrogen) atoms. The second kappa shape index (κ2) is 5.40. The Kier molecular flexibility index (Phi) is 4.09. The van der Waals surface area contributed by atoms with Crippen LogP contribution in [0.2, 0.25) is 0 Å². The van der Waals surface area contributed by atoms with E-state index in [0.29, 0.717) is 12.6 Å². The Hall–Kier alpha value is -0.550. The lowest BCUT2D eigenvalue weighted by molar-refractivity contribution is -0.119. The average Bonchev–Trinajstić information content (AvgIpc) is 2.99. The van der Waals surface area contributed by atoms with Crippen molar-refractivity contribution in [1.82, 2.24) is 5.32 Å². The molecule has 0 heterocycles. The molecule has 0 aromatic heterocycles. The maximum absolute atomic E-state index is 11.6. The molecule has 1 fully saturated rings. The Morgan fingerprint density at radius 1 is 1.35 bits per heavy atom. The maximum Gasteiger partial charge on any atom is 0.239 e. The topological polar surface area (TPSA) is 41.1 Å². The molecule has 1 saturated carbocycles. The Morgan fingerprint density at radius 3 is 2.47 bits per heavy atom. The summed E-state index contributed by atoms with van der Waals surface area (Å²) >= 11 is 6.97. The predicted octanol–water partition coefficient (Wildman–Crippen LogP) is 3.21. The third kappa shape index (κ3) is 3.71. The van der Waals surface area contributed by atoms with Crippen LogP contribution in [-0.4, -0.2) is 18.5 Å². The molecule has 2 rings (SSSR count). The van der Waals surface area contributed by atoms with E-state index in [1.54, 1.807) is 0 Å². The van der Waals surface area contributed by atoms with Gasteiger partial charge in [0.2, 0.25) is 5.91 Å². The molecule has 0 aliphatic heterocycles. The summed E-state index contributed by atoms with van der Waals surface area (Å²) in [5, 5.41) is 6.08. The number of carbonyl (C=O) groups is 1. The molecule has 1 aliphatic carbocycles. The number of amides is 1. The van der Waals surface area contributed by atoms with Crippen LogP contribution >= 0.6 is 31.9 Å². The third-order valence-corrected chi connectivity index (χ3v) is 3.81. The van der Waals surface area contributed by atoms with Crippen molar-refractivity contribution in [2.24, 2.45) is 0 Å². The molecule has 3 nitrogen and oxygen atoms in total. The molecule has 0 radical (unpaired) electrons. The van der Waals surface area contributed by atoms with E-state index < -0.39 is 0 Å². The molecule has 0 atom stereocenters. The van der Waals surface area contributed by atoms with Crippen molar-refractivity contribution in [3.63, 3.8) is 0 Å². The summed E-state index contributed by atoms with van der Waals surface area (Å²) < 4.78 is 1.92. The van der Waals surface area contributed by atoms with Crippen molar-refractivity contribution < 1.29 is 4.79 Å². The number of carbonyl (C=O) groups excluding carboxylic acids is 1. The highest BCUT2D eigenvalue weighted by Crippen LogP contribution is 2.32. The van der Waals surface area contributed by atoms with Gasteiger partial charge < -0.3 is 10.6 Å². The van der Waals surface area contributed by atoms with Gasteiger partial charge >= 0.3 is 0 Å². The van der Waals surface area contributed by atoms with Crippen LogP contribution in [-0.2, 0) is 4.79 Å². The average molecular weight is 362 g/mol. The van der Waals surface area contributed by atoms with Gasteiger partial charge in [-0.2, -0.15) is 0 Å². The van der Waals surface area contributed by atoms with E-state index in [1.807, 2.05) is 19.1 Å². The summed E-state index contributed by atoms with van der Waals surface area (Å²) in [5.74, 6) is 0.0480. The van der Waals surface area contributed by atoms with Crippen LogP contribution in [0.1, 0.15) is 18.4 Å².